The molecule has 0 heterocycles. The fraction of sp³-hybridized carbons (Fsp3) is 0.600. The van der Waals surface area contributed by atoms with E-state index in [1.165, 1.54) is 60.8 Å². The largest absolute Gasteiger partial charge is 4.00 e. The molecule has 0 saturated carbocycles. The first kappa shape index (κ1) is 27.5. The van der Waals surface area contributed by atoms with E-state index in [0.29, 0.717) is 0 Å². The van der Waals surface area contributed by atoms with Gasteiger partial charge in [0.2, 0.25) is 0 Å². The maximum absolute atomic E-state index is 3.30. The minimum Gasteiger partial charge on any atom is -1.00 e. The van der Waals surface area contributed by atoms with E-state index in [9.17, 15) is 0 Å². The molecule has 0 nitrogen and oxygen atoms in total. The zero-order valence-corrected chi connectivity index (χ0v) is 17.5. The first-order valence-corrected chi connectivity index (χ1v) is 8.22. The Morgan fingerprint density at radius 2 is 1.13 bits per heavy atom. The van der Waals surface area contributed by atoms with Crippen LogP contribution in [-0.2, 0) is 26.2 Å². The van der Waals surface area contributed by atoms with Crippen molar-refractivity contribution in [1.29, 1.82) is 0 Å². The smallest absolute Gasteiger partial charge is 1.00 e. The van der Waals surface area contributed by atoms with Crippen molar-refractivity contribution in [3.05, 3.63) is 46.6 Å². The molecule has 0 radical (unpaired) electrons. The van der Waals surface area contributed by atoms with Crippen LogP contribution in [0.15, 0.2) is 34.4 Å². The summed E-state index contributed by atoms with van der Waals surface area (Å²) in [6.07, 6.45) is 21.1. The minimum absolute atomic E-state index is 0. The van der Waals surface area contributed by atoms with Gasteiger partial charge in [-0.3, -0.25) is 12.2 Å². The topological polar surface area (TPSA) is 0 Å². The third kappa shape index (κ3) is 11.0. The molecule has 2 aliphatic carbocycles. The Hall–Kier alpha value is -0.297. The molecule has 3 heteroatoms. The van der Waals surface area contributed by atoms with Gasteiger partial charge in [-0.05, 0) is 0 Å². The second-order valence-corrected chi connectivity index (χ2v) is 5.68. The van der Waals surface area contributed by atoms with Crippen molar-refractivity contribution in [3.8, 4) is 0 Å². The molecular formula is C20H30F2Zr. The summed E-state index contributed by atoms with van der Waals surface area (Å²) in [6.45, 7) is 8.79. The molecule has 128 valence electrons. The number of allylic oxidation sites excluding steroid dienone is 8. The number of halogens is 2. The van der Waals surface area contributed by atoms with E-state index >= 15 is 0 Å². The molecule has 2 aliphatic rings. The maximum atomic E-state index is 3.30. The van der Waals surface area contributed by atoms with Crippen molar-refractivity contribution in [2.24, 2.45) is 0 Å². The first-order valence-electron chi connectivity index (χ1n) is 8.22. The molecule has 23 heavy (non-hydrogen) atoms. The molecule has 0 aromatic carbocycles. The van der Waals surface area contributed by atoms with Gasteiger partial charge in [0, 0.05) is 0 Å². The fourth-order valence-electron chi connectivity index (χ4n) is 2.50. The van der Waals surface area contributed by atoms with Crippen molar-refractivity contribution in [1.82, 2.24) is 0 Å². The molecule has 0 aromatic heterocycles. The molecule has 0 spiro atoms. The van der Waals surface area contributed by atoms with Crippen LogP contribution in [0.1, 0.15) is 79.1 Å². The standard InChI is InChI=1S/2C10H15.2FH.Zr/c2*1-3-4-7-10-8-5-6-9(10)2;;;/h2*8H,3-5,7H2,1-2H3;2*1H;/q2*-1;;;+4/p-2. The van der Waals surface area contributed by atoms with Gasteiger partial charge in [0.15, 0.2) is 0 Å². The zero-order valence-electron chi connectivity index (χ0n) is 15.1. The van der Waals surface area contributed by atoms with E-state index in [1.807, 2.05) is 0 Å². The Kier molecular flexibility index (Phi) is 19.8. The molecule has 0 unspecified atom stereocenters. The summed E-state index contributed by atoms with van der Waals surface area (Å²) in [4.78, 5) is 0. The number of hydrogen-bond acceptors (Lipinski definition) is 0. The van der Waals surface area contributed by atoms with Gasteiger partial charge in [0.1, 0.15) is 0 Å². The van der Waals surface area contributed by atoms with E-state index in [2.05, 4.69) is 52.0 Å². The zero-order chi connectivity index (χ0) is 14.8. The summed E-state index contributed by atoms with van der Waals surface area (Å²) in [5.41, 5.74) is 5.82. The van der Waals surface area contributed by atoms with Crippen LogP contribution in [0.5, 0.6) is 0 Å². The van der Waals surface area contributed by atoms with E-state index in [0.717, 1.165) is 12.8 Å². The second kappa shape index (κ2) is 16.6. The van der Waals surface area contributed by atoms with Crippen molar-refractivity contribution >= 4 is 0 Å². The fourth-order valence-corrected chi connectivity index (χ4v) is 2.50. The first-order chi connectivity index (χ1) is 9.69. The Morgan fingerprint density at radius 1 is 0.783 bits per heavy atom. The number of hydrogen-bond donors (Lipinski definition) is 0. The average Bonchev–Trinajstić information content (AvgIpc) is 3.04. The van der Waals surface area contributed by atoms with E-state index < -0.39 is 0 Å². The Bertz CT molecular complexity index is 377. The third-order valence-corrected chi connectivity index (χ3v) is 3.99. The molecule has 0 N–H and O–H groups in total. The summed E-state index contributed by atoms with van der Waals surface area (Å²) < 4.78 is 0. The van der Waals surface area contributed by atoms with Crippen molar-refractivity contribution in [3.63, 3.8) is 0 Å². The van der Waals surface area contributed by atoms with Gasteiger partial charge in [-0.15, -0.1) is 12.8 Å². The normalized spacial score (nSPS) is 14.8. The maximum Gasteiger partial charge on any atom is 4.00 e. The summed E-state index contributed by atoms with van der Waals surface area (Å²) in [6, 6.07) is 0. The Morgan fingerprint density at radius 3 is 1.35 bits per heavy atom. The van der Waals surface area contributed by atoms with Crippen molar-refractivity contribution in [2.45, 2.75) is 79.1 Å². The van der Waals surface area contributed by atoms with Crippen LogP contribution in [0.2, 0.25) is 0 Å². The van der Waals surface area contributed by atoms with Crippen LogP contribution in [-0.4, -0.2) is 0 Å². The molecular weight excluding hydrogens is 369 g/mol. The molecule has 0 aliphatic heterocycles. The molecule has 0 bridgehead atoms. The summed E-state index contributed by atoms with van der Waals surface area (Å²) in [5.74, 6) is 0. The number of unbranched alkanes of at least 4 members (excludes halogenated alkanes) is 2. The van der Waals surface area contributed by atoms with Crippen LogP contribution in [0.3, 0.4) is 0 Å². The second-order valence-electron chi connectivity index (χ2n) is 5.68. The molecule has 0 atom stereocenters. The van der Waals surface area contributed by atoms with E-state index in [4.69, 9.17) is 0 Å². The van der Waals surface area contributed by atoms with Gasteiger partial charge in [-0.1, -0.05) is 66.2 Å². The van der Waals surface area contributed by atoms with Gasteiger partial charge < -0.3 is 9.41 Å². The third-order valence-electron chi connectivity index (χ3n) is 3.99. The summed E-state index contributed by atoms with van der Waals surface area (Å²) >= 11 is 0. The van der Waals surface area contributed by atoms with Crippen LogP contribution in [0.4, 0.5) is 0 Å². The van der Waals surface area contributed by atoms with Crippen LogP contribution >= 0.6 is 0 Å². The summed E-state index contributed by atoms with van der Waals surface area (Å²) in [7, 11) is 0. The monoisotopic (exact) mass is 398 g/mol. The Labute approximate surface area is 161 Å². The van der Waals surface area contributed by atoms with Gasteiger partial charge in [0.25, 0.3) is 0 Å². The summed E-state index contributed by atoms with van der Waals surface area (Å²) in [5, 5.41) is 0. The van der Waals surface area contributed by atoms with Gasteiger partial charge >= 0.3 is 26.2 Å². The SMILES string of the molecule is CCCCC1=CC[C-]=C1C.CCCCC1=CC[C-]=C1C.[F-].[F-].[Zr+4]. The van der Waals surface area contributed by atoms with Crippen LogP contribution in [0, 0.1) is 12.2 Å². The molecule has 2 rings (SSSR count). The number of rotatable bonds is 6. The van der Waals surface area contributed by atoms with E-state index in [1.54, 1.807) is 0 Å². The molecule has 0 amide bonds. The van der Waals surface area contributed by atoms with Gasteiger partial charge in [0.05, 0.1) is 0 Å². The molecule has 0 aromatic rings. The van der Waals surface area contributed by atoms with Gasteiger partial charge in [-0.2, -0.15) is 23.3 Å². The predicted molar refractivity (Wildman–Crippen MR) is 89.3 cm³/mol. The van der Waals surface area contributed by atoms with E-state index in [-0.39, 0.29) is 35.6 Å². The predicted octanol–water partition coefficient (Wildman–Crippen LogP) is 0.518. The van der Waals surface area contributed by atoms with Crippen LogP contribution < -0.4 is 9.41 Å². The molecule has 0 fully saturated rings. The minimum atomic E-state index is 0. The molecule has 0 saturated heterocycles. The van der Waals surface area contributed by atoms with Crippen LogP contribution in [0.25, 0.3) is 0 Å². The average molecular weight is 400 g/mol. The van der Waals surface area contributed by atoms with Crippen molar-refractivity contribution in [2.75, 3.05) is 0 Å². The Balaban J connectivity index is -0.000000308. The quantitative estimate of drug-likeness (QED) is 0.571. The van der Waals surface area contributed by atoms with Crippen molar-refractivity contribution < 1.29 is 35.6 Å². The van der Waals surface area contributed by atoms with Gasteiger partial charge in [-0.25, -0.2) is 11.1 Å².